The number of alkyl halides is 2. The number of halogens is 2. The van der Waals surface area contributed by atoms with Gasteiger partial charge in [-0.1, -0.05) is 24.6 Å². The zero-order valence-electron chi connectivity index (χ0n) is 24.9. The van der Waals surface area contributed by atoms with Crippen LogP contribution in [0.25, 0.3) is 11.2 Å². The molecule has 17 heteroatoms. The van der Waals surface area contributed by atoms with E-state index in [1.165, 1.54) is 19.1 Å². The number of nitrogens with one attached hydrogen (secondary N) is 1. The van der Waals surface area contributed by atoms with E-state index < -0.39 is 49.2 Å². The van der Waals surface area contributed by atoms with Crippen molar-refractivity contribution < 1.29 is 46.5 Å². The van der Waals surface area contributed by atoms with Gasteiger partial charge in [-0.3, -0.25) is 13.9 Å². The Kier molecular flexibility index (Phi) is 8.01. The Bertz CT molecular complexity index is 1630. The summed E-state index contributed by atoms with van der Waals surface area (Å²) >= 11 is 0. The third kappa shape index (κ3) is 5.31. The summed E-state index contributed by atoms with van der Waals surface area (Å²) in [6.45, 7) is 4.22. The van der Waals surface area contributed by atoms with Crippen LogP contribution < -0.4 is 20.1 Å². The molecule has 14 nitrogen and oxygen atoms in total. The van der Waals surface area contributed by atoms with Gasteiger partial charge in [0.1, 0.15) is 17.9 Å². The van der Waals surface area contributed by atoms with Crippen LogP contribution in [-0.2, 0) is 23.4 Å². The van der Waals surface area contributed by atoms with E-state index in [1.54, 1.807) is 25.1 Å². The van der Waals surface area contributed by atoms with Crippen molar-refractivity contribution in [2.45, 2.75) is 94.5 Å². The fourth-order valence-corrected chi connectivity index (χ4v) is 7.63. The van der Waals surface area contributed by atoms with E-state index in [-0.39, 0.29) is 41.5 Å². The van der Waals surface area contributed by atoms with E-state index in [4.69, 9.17) is 29.0 Å². The van der Waals surface area contributed by atoms with Crippen LogP contribution in [0, 0.1) is 0 Å². The number of anilines is 1. The van der Waals surface area contributed by atoms with E-state index in [0.29, 0.717) is 12.8 Å². The quantitative estimate of drug-likeness (QED) is 0.201. The molecule has 0 amide bonds. The maximum absolute atomic E-state index is 16.6. The van der Waals surface area contributed by atoms with Crippen molar-refractivity contribution in [2.75, 3.05) is 12.3 Å². The molecule has 1 aliphatic heterocycles. The first kappa shape index (κ1) is 31.5. The first-order valence-electron chi connectivity index (χ1n) is 14.7. The number of carbonyl (C=O) groups is 1. The number of para-hydroxylation sites is 1. The van der Waals surface area contributed by atoms with Crippen molar-refractivity contribution in [3.05, 3.63) is 36.7 Å². The number of carbonyl (C=O) groups excluding carboxylic acids is 1. The predicted molar refractivity (Wildman–Crippen MR) is 154 cm³/mol. The molecule has 1 aromatic carbocycles. The van der Waals surface area contributed by atoms with Crippen LogP contribution in [0.15, 0.2) is 36.7 Å². The molecule has 3 heterocycles. The second-order valence-electron chi connectivity index (χ2n) is 11.5. The fraction of sp³-hybridized carbons (Fsp3) is 0.571. The lowest BCUT2D eigenvalue weighted by Crippen LogP contribution is -2.45. The Hall–Kier alpha value is -3.43. The van der Waals surface area contributed by atoms with E-state index >= 15 is 8.78 Å². The monoisotopic (exact) mass is 652 g/mol. The molecule has 1 saturated heterocycles. The molecule has 0 spiro atoms. The number of nitrogen functional groups attached to an aromatic ring is 1. The molecule has 2 aliphatic carbocycles. The number of nitrogens with two attached hydrogens (primary N) is 1. The summed E-state index contributed by atoms with van der Waals surface area (Å²) in [5.74, 6) is -4.06. The first-order valence-corrected chi connectivity index (χ1v) is 16.3. The molecule has 3 fully saturated rings. The molecule has 6 rings (SSSR count). The number of rotatable bonds is 11. The van der Waals surface area contributed by atoms with E-state index in [1.807, 2.05) is 0 Å². The normalized spacial score (nSPS) is 31.6. The molecule has 7 atom stereocenters. The second-order valence-corrected chi connectivity index (χ2v) is 13.2. The van der Waals surface area contributed by atoms with Crippen LogP contribution in [0.4, 0.5) is 14.7 Å². The standard InChI is InChI=1S/C28H35F2N6O8P/c1-4-40-21-19-20(33-25(31)34-21)36(15-32-19)24-26(3,29)27(38)23(28(27,30)42-24)44-45(39,43-18-13-9-6-10-14-18)35-16(2)22(37)41-17-11-7-5-8-12-17/h6,9-10,13-17,23-24,38H,4-5,7-8,11-12H2,1-3H3,(H,35,39)(H2,31,33,34)/t16?,23-,24+,26-,27-,28+,45?/m0/s1. The van der Waals surface area contributed by atoms with Crippen LogP contribution in [0.5, 0.6) is 11.6 Å². The number of imidazole rings is 1. The van der Waals surface area contributed by atoms with Gasteiger partial charge in [0, 0.05) is 0 Å². The Morgan fingerprint density at radius 1 is 1.24 bits per heavy atom. The minimum atomic E-state index is -4.70. The molecule has 2 aromatic heterocycles. The summed E-state index contributed by atoms with van der Waals surface area (Å²) in [6.07, 6.45) is 1.20. The molecule has 45 heavy (non-hydrogen) atoms. The summed E-state index contributed by atoms with van der Waals surface area (Å²) < 4.78 is 75.7. The molecule has 244 valence electrons. The SMILES string of the molecule is CCOc1nc(N)nc2c1ncn2[C@@H]1O[C@]2(F)[C@@H](OP(=O)(NC(C)C(=O)OC3CCCCC3)Oc3ccccc3)[C@]2(O)[C@@]1(C)F. The molecule has 3 aromatic rings. The summed E-state index contributed by atoms with van der Waals surface area (Å²) in [5, 5.41) is 13.9. The molecular formula is C28H35F2N6O8P. The summed E-state index contributed by atoms with van der Waals surface area (Å²) in [4.78, 5) is 25.1. The lowest BCUT2D eigenvalue weighted by atomic mass is 9.97. The van der Waals surface area contributed by atoms with Gasteiger partial charge in [0.05, 0.1) is 12.9 Å². The van der Waals surface area contributed by atoms with Crippen molar-refractivity contribution in [1.82, 2.24) is 24.6 Å². The number of aromatic nitrogens is 4. The highest BCUT2D eigenvalue weighted by molar-refractivity contribution is 7.52. The highest BCUT2D eigenvalue weighted by Gasteiger charge is 2.96. The van der Waals surface area contributed by atoms with Crippen LogP contribution >= 0.6 is 7.75 Å². The van der Waals surface area contributed by atoms with Crippen molar-refractivity contribution >= 4 is 30.8 Å². The van der Waals surface area contributed by atoms with Crippen LogP contribution in [0.1, 0.15) is 59.1 Å². The Morgan fingerprint density at radius 2 is 1.96 bits per heavy atom. The minimum absolute atomic E-state index is 0.0264. The molecule has 2 unspecified atom stereocenters. The zero-order chi connectivity index (χ0) is 32.2. The van der Waals surface area contributed by atoms with Gasteiger partial charge in [-0.2, -0.15) is 15.1 Å². The number of benzene rings is 1. The third-order valence-corrected chi connectivity index (χ3v) is 9.98. The van der Waals surface area contributed by atoms with Gasteiger partial charge < -0.3 is 29.6 Å². The topological polar surface area (TPSA) is 182 Å². The molecule has 2 saturated carbocycles. The zero-order valence-corrected chi connectivity index (χ0v) is 25.8. The fourth-order valence-electron chi connectivity index (χ4n) is 5.93. The van der Waals surface area contributed by atoms with E-state index in [2.05, 4.69) is 20.0 Å². The highest BCUT2D eigenvalue weighted by atomic mass is 31.2. The van der Waals surface area contributed by atoms with E-state index in [0.717, 1.165) is 37.1 Å². The van der Waals surface area contributed by atoms with Gasteiger partial charge >= 0.3 is 13.7 Å². The van der Waals surface area contributed by atoms with E-state index in [9.17, 15) is 14.5 Å². The minimum Gasteiger partial charge on any atom is -0.476 e. The lowest BCUT2D eigenvalue weighted by molar-refractivity contribution is -0.157. The predicted octanol–water partition coefficient (Wildman–Crippen LogP) is 3.90. The van der Waals surface area contributed by atoms with Crippen molar-refractivity contribution in [3.63, 3.8) is 0 Å². The van der Waals surface area contributed by atoms with Gasteiger partial charge in [-0.15, -0.1) is 0 Å². The number of ether oxygens (including phenoxy) is 3. The second kappa shape index (κ2) is 11.4. The lowest BCUT2D eigenvalue weighted by Gasteiger charge is -2.31. The van der Waals surface area contributed by atoms with Crippen molar-refractivity contribution in [1.29, 1.82) is 0 Å². The number of nitrogens with zero attached hydrogens (tertiary/aromatic N) is 4. The molecule has 4 N–H and O–H groups in total. The number of hydrogen-bond acceptors (Lipinski definition) is 12. The Morgan fingerprint density at radius 3 is 2.60 bits per heavy atom. The van der Waals surface area contributed by atoms with Gasteiger partial charge in [-0.25, -0.2) is 18.3 Å². The van der Waals surface area contributed by atoms with Crippen LogP contribution in [0.3, 0.4) is 0 Å². The third-order valence-electron chi connectivity index (χ3n) is 8.34. The molecule has 3 aliphatic rings. The van der Waals surface area contributed by atoms with Crippen LogP contribution in [-0.4, -0.2) is 72.6 Å². The van der Waals surface area contributed by atoms with Crippen LogP contribution in [0.2, 0.25) is 0 Å². The Labute approximate surface area is 257 Å². The van der Waals surface area contributed by atoms with Crippen molar-refractivity contribution in [3.8, 4) is 11.6 Å². The number of esters is 1. The number of hydrogen-bond donors (Lipinski definition) is 3. The number of aliphatic hydroxyl groups is 1. The maximum atomic E-state index is 16.6. The van der Waals surface area contributed by atoms with Gasteiger partial charge in [0.25, 0.3) is 5.85 Å². The molecule has 0 radical (unpaired) electrons. The summed E-state index contributed by atoms with van der Waals surface area (Å²) in [6, 6.07) is 6.53. The van der Waals surface area contributed by atoms with Crippen molar-refractivity contribution in [2.24, 2.45) is 0 Å². The molecular weight excluding hydrogens is 617 g/mol. The largest absolute Gasteiger partial charge is 0.476 e. The van der Waals surface area contributed by atoms with Gasteiger partial charge in [0.15, 0.2) is 34.8 Å². The molecule has 0 bridgehead atoms. The number of fused-ring (bicyclic) bond motifs is 2. The maximum Gasteiger partial charge on any atom is 0.460 e. The average molecular weight is 653 g/mol. The summed E-state index contributed by atoms with van der Waals surface area (Å²) in [5.41, 5.74) is 0.00209. The van der Waals surface area contributed by atoms with Gasteiger partial charge in [-0.05, 0) is 58.6 Å². The average Bonchev–Trinajstić information content (AvgIpc) is 3.23. The van der Waals surface area contributed by atoms with Gasteiger partial charge in [0.2, 0.25) is 11.8 Å². The highest BCUT2D eigenvalue weighted by Crippen LogP contribution is 2.73. The Balaban J connectivity index is 1.25. The smallest absolute Gasteiger partial charge is 0.460 e. The summed E-state index contributed by atoms with van der Waals surface area (Å²) in [7, 11) is -4.70. The first-order chi connectivity index (χ1) is 21.3.